The SMILES string of the molecule is CCS(=O)(=O)c1cccc(C(=O)N[C@@H](C)NC(=O)c2ccc(N3C[C@@H](Oc4ccc(C(F)(F)F)cc4)C[C@H]3COC(F)F)cc2)c1. The van der Waals surface area contributed by atoms with Gasteiger partial charge in [0.15, 0.2) is 9.84 Å². The van der Waals surface area contributed by atoms with Crippen LogP contribution in [0, 0.1) is 0 Å². The molecule has 248 valence electrons. The Balaban J connectivity index is 1.38. The van der Waals surface area contributed by atoms with Crippen LogP contribution in [-0.4, -0.2) is 64.1 Å². The lowest BCUT2D eigenvalue weighted by molar-refractivity contribution is -0.137. The summed E-state index contributed by atoms with van der Waals surface area (Å²) in [6.45, 7) is -0.0925. The van der Waals surface area contributed by atoms with Crippen LogP contribution in [0.3, 0.4) is 0 Å². The molecule has 0 bridgehead atoms. The summed E-state index contributed by atoms with van der Waals surface area (Å²) in [6, 6.07) is 15.4. The van der Waals surface area contributed by atoms with Crippen LogP contribution in [0.4, 0.5) is 27.6 Å². The van der Waals surface area contributed by atoms with Crippen LogP contribution in [0.5, 0.6) is 5.75 Å². The molecule has 0 spiro atoms. The number of halogens is 5. The van der Waals surface area contributed by atoms with Gasteiger partial charge in [-0.25, -0.2) is 8.42 Å². The Morgan fingerprint density at radius 2 is 1.59 bits per heavy atom. The van der Waals surface area contributed by atoms with E-state index in [1.54, 1.807) is 17.0 Å². The summed E-state index contributed by atoms with van der Waals surface area (Å²) in [5, 5.41) is 5.23. The zero-order valence-corrected chi connectivity index (χ0v) is 25.6. The number of hydrogen-bond donors (Lipinski definition) is 2. The number of ether oxygens (including phenoxy) is 2. The fraction of sp³-hybridized carbons (Fsp3) is 0.355. The number of carbonyl (C=O) groups excluding carboxylic acids is 2. The van der Waals surface area contributed by atoms with Gasteiger partial charge >= 0.3 is 12.8 Å². The molecule has 0 unspecified atom stereocenters. The van der Waals surface area contributed by atoms with E-state index in [9.17, 15) is 40.0 Å². The first-order valence-corrected chi connectivity index (χ1v) is 15.9. The summed E-state index contributed by atoms with van der Waals surface area (Å²) in [7, 11) is -3.52. The monoisotopic (exact) mass is 669 g/mol. The molecular weight excluding hydrogens is 637 g/mol. The molecule has 1 aliphatic rings. The van der Waals surface area contributed by atoms with Gasteiger partial charge in [-0.15, -0.1) is 0 Å². The highest BCUT2D eigenvalue weighted by molar-refractivity contribution is 7.91. The number of rotatable bonds is 12. The van der Waals surface area contributed by atoms with Crippen molar-refractivity contribution in [3.8, 4) is 5.75 Å². The smallest absolute Gasteiger partial charge is 0.416 e. The molecule has 3 aromatic rings. The summed E-state index contributed by atoms with van der Waals surface area (Å²) in [6.07, 6.45) is -5.62. The van der Waals surface area contributed by atoms with Crippen LogP contribution >= 0.6 is 0 Å². The standard InChI is InChI=1S/C31H32F5N3O6S/c1-3-46(42,43)27-6-4-5-21(15-27)29(41)38-19(2)37-28(40)20-7-11-23(12-8-20)39-17-26(16-24(39)18-44-30(32)33)45-25-13-9-22(10-14-25)31(34,35)36/h4-15,19,24,26,30H,3,16-18H2,1-2H3,(H,37,40)(H,38,41)/t19-,24-,26-/m0/s1. The normalized spacial score (nSPS) is 17.5. The van der Waals surface area contributed by atoms with Crippen LogP contribution in [-0.2, 0) is 20.8 Å². The van der Waals surface area contributed by atoms with E-state index < -0.39 is 58.3 Å². The van der Waals surface area contributed by atoms with Gasteiger partial charge in [0.25, 0.3) is 11.8 Å². The van der Waals surface area contributed by atoms with Crippen molar-refractivity contribution in [1.29, 1.82) is 0 Å². The number of nitrogens with zero attached hydrogens (tertiary/aromatic N) is 1. The zero-order chi connectivity index (χ0) is 33.6. The molecule has 2 N–H and O–H groups in total. The Kier molecular flexibility index (Phi) is 10.9. The van der Waals surface area contributed by atoms with Crippen molar-refractivity contribution in [3.63, 3.8) is 0 Å². The number of benzene rings is 3. The largest absolute Gasteiger partial charge is 0.489 e. The zero-order valence-electron chi connectivity index (χ0n) is 24.8. The van der Waals surface area contributed by atoms with Crippen molar-refractivity contribution in [1.82, 2.24) is 10.6 Å². The highest BCUT2D eigenvalue weighted by Crippen LogP contribution is 2.32. The highest BCUT2D eigenvalue weighted by atomic mass is 32.2. The van der Waals surface area contributed by atoms with E-state index in [-0.39, 0.29) is 47.1 Å². The Morgan fingerprint density at radius 3 is 2.17 bits per heavy atom. The lowest BCUT2D eigenvalue weighted by atomic mass is 10.1. The van der Waals surface area contributed by atoms with Crippen LogP contribution in [0.1, 0.15) is 46.5 Å². The van der Waals surface area contributed by atoms with E-state index in [4.69, 9.17) is 4.74 Å². The molecular formula is C31H32F5N3O6S. The first kappa shape index (κ1) is 34.6. The minimum atomic E-state index is -4.50. The van der Waals surface area contributed by atoms with Crippen molar-refractivity contribution < 1.29 is 49.4 Å². The summed E-state index contributed by atoms with van der Waals surface area (Å²) >= 11 is 0. The van der Waals surface area contributed by atoms with E-state index in [1.165, 1.54) is 62.4 Å². The van der Waals surface area contributed by atoms with Crippen LogP contribution in [0.2, 0.25) is 0 Å². The molecule has 3 aromatic carbocycles. The molecule has 3 atom stereocenters. The molecule has 0 radical (unpaired) electrons. The van der Waals surface area contributed by atoms with Gasteiger partial charge in [-0.2, -0.15) is 22.0 Å². The molecule has 9 nitrogen and oxygen atoms in total. The highest BCUT2D eigenvalue weighted by Gasteiger charge is 2.35. The molecule has 1 saturated heterocycles. The van der Waals surface area contributed by atoms with Gasteiger partial charge in [0.1, 0.15) is 11.9 Å². The quantitative estimate of drug-likeness (QED) is 0.200. The maximum Gasteiger partial charge on any atom is 0.416 e. The van der Waals surface area contributed by atoms with Gasteiger partial charge in [-0.3, -0.25) is 9.59 Å². The Bertz CT molecular complexity index is 1620. The van der Waals surface area contributed by atoms with Gasteiger partial charge in [0.2, 0.25) is 0 Å². The van der Waals surface area contributed by atoms with Crippen LogP contribution < -0.4 is 20.3 Å². The molecule has 15 heteroatoms. The number of carbonyl (C=O) groups is 2. The summed E-state index contributed by atoms with van der Waals surface area (Å²) in [5.41, 5.74) is 0.0858. The van der Waals surface area contributed by atoms with E-state index in [2.05, 4.69) is 15.4 Å². The van der Waals surface area contributed by atoms with Crippen molar-refractivity contribution >= 4 is 27.3 Å². The maximum atomic E-state index is 12.9. The minimum absolute atomic E-state index is 0.0120. The van der Waals surface area contributed by atoms with Gasteiger partial charge in [-0.1, -0.05) is 13.0 Å². The Hall–Kier alpha value is -4.24. The second-order valence-electron chi connectivity index (χ2n) is 10.5. The maximum absolute atomic E-state index is 12.9. The average Bonchev–Trinajstić information content (AvgIpc) is 3.42. The molecule has 46 heavy (non-hydrogen) atoms. The number of nitrogens with one attached hydrogen (secondary N) is 2. The van der Waals surface area contributed by atoms with E-state index in [0.717, 1.165) is 12.1 Å². The third-order valence-corrected chi connectivity index (χ3v) is 9.00. The van der Waals surface area contributed by atoms with E-state index in [0.29, 0.717) is 5.69 Å². The van der Waals surface area contributed by atoms with Crippen LogP contribution in [0.25, 0.3) is 0 Å². The fourth-order valence-corrected chi connectivity index (χ4v) is 5.86. The molecule has 1 aliphatic heterocycles. The van der Waals surface area contributed by atoms with Gasteiger partial charge < -0.3 is 25.0 Å². The lowest BCUT2D eigenvalue weighted by Crippen LogP contribution is -2.45. The predicted octanol–water partition coefficient (Wildman–Crippen LogP) is 5.27. The van der Waals surface area contributed by atoms with Crippen molar-refractivity contribution in [3.05, 3.63) is 89.5 Å². The average molecular weight is 670 g/mol. The predicted molar refractivity (Wildman–Crippen MR) is 159 cm³/mol. The summed E-state index contributed by atoms with van der Waals surface area (Å²) in [4.78, 5) is 27.3. The van der Waals surface area contributed by atoms with Gasteiger partial charge in [0.05, 0.1) is 41.6 Å². The minimum Gasteiger partial charge on any atom is -0.489 e. The summed E-state index contributed by atoms with van der Waals surface area (Å²) < 4.78 is 99.0. The number of hydrogen-bond acceptors (Lipinski definition) is 7. The molecule has 4 rings (SSSR count). The van der Waals surface area contributed by atoms with E-state index in [1.807, 2.05) is 0 Å². The molecule has 0 aromatic heterocycles. The Labute approximate surface area is 262 Å². The molecule has 0 saturated carbocycles. The second-order valence-corrected chi connectivity index (χ2v) is 12.8. The Morgan fingerprint density at radius 1 is 0.957 bits per heavy atom. The molecule has 2 amide bonds. The molecule has 1 fully saturated rings. The van der Waals surface area contributed by atoms with Crippen molar-refractivity contribution in [2.24, 2.45) is 0 Å². The van der Waals surface area contributed by atoms with Gasteiger partial charge in [-0.05, 0) is 73.7 Å². The number of sulfone groups is 1. The second kappa shape index (κ2) is 14.5. The number of anilines is 1. The molecule has 1 heterocycles. The first-order chi connectivity index (χ1) is 21.7. The number of amides is 2. The summed E-state index contributed by atoms with van der Waals surface area (Å²) in [5.74, 6) is -1.04. The third kappa shape index (κ3) is 8.94. The topological polar surface area (TPSA) is 114 Å². The van der Waals surface area contributed by atoms with Gasteiger partial charge in [0, 0.05) is 23.2 Å². The lowest BCUT2D eigenvalue weighted by Gasteiger charge is -2.26. The third-order valence-electron chi connectivity index (χ3n) is 7.27. The van der Waals surface area contributed by atoms with E-state index >= 15 is 0 Å². The number of alkyl halides is 5. The molecule has 0 aliphatic carbocycles. The van der Waals surface area contributed by atoms with Crippen molar-refractivity contribution in [2.45, 2.75) is 56.3 Å². The first-order valence-electron chi connectivity index (χ1n) is 14.2. The van der Waals surface area contributed by atoms with Crippen LogP contribution in [0.15, 0.2) is 77.7 Å². The van der Waals surface area contributed by atoms with Crippen molar-refractivity contribution in [2.75, 3.05) is 23.8 Å². The fourth-order valence-electron chi connectivity index (χ4n) is 4.93.